The van der Waals surface area contributed by atoms with Crippen molar-refractivity contribution in [3.63, 3.8) is 0 Å². The summed E-state index contributed by atoms with van der Waals surface area (Å²) in [6.07, 6.45) is 0.552. The van der Waals surface area contributed by atoms with Crippen molar-refractivity contribution in [2.24, 2.45) is 11.8 Å². The molecule has 0 radical (unpaired) electrons. The average molecular weight is 349 g/mol. The highest BCUT2D eigenvalue weighted by Gasteiger charge is 2.47. The van der Waals surface area contributed by atoms with E-state index in [0.29, 0.717) is 24.2 Å². The number of nitrogens with zero attached hydrogens (tertiary/aromatic N) is 1. The second kappa shape index (κ2) is 7.70. The van der Waals surface area contributed by atoms with Crippen LogP contribution in [0.4, 0.5) is 5.69 Å². The minimum absolute atomic E-state index is 0.110. The molecule has 1 fully saturated rings. The SMILES string of the molecule is COc1ccc(CNC(=O)C2CC2C(=O)Nc2ccc(C#N)cc2)cc1. The Hall–Kier alpha value is -3.33. The molecule has 1 aliphatic carbocycles. The molecule has 0 spiro atoms. The molecule has 132 valence electrons. The topological polar surface area (TPSA) is 91.2 Å². The molecule has 0 aromatic heterocycles. The number of hydrogen-bond acceptors (Lipinski definition) is 4. The first-order valence-electron chi connectivity index (χ1n) is 8.32. The molecule has 3 rings (SSSR count). The largest absolute Gasteiger partial charge is 0.497 e. The number of carbonyl (C=O) groups is 2. The maximum absolute atomic E-state index is 12.2. The quantitative estimate of drug-likeness (QED) is 0.838. The zero-order valence-corrected chi connectivity index (χ0v) is 14.4. The first kappa shape index (κ1) is 17.5. The molecule has 1 saturated carbocycles. The number of ether oxygens (including phenoxy) is 1. The van der Waals surface area contributed by atoms with Crippen LogP contribution >= 0.6 is 0 Å². The van der Waals surface area contributed by atoms with Crippen molar-refractivity contribution in [3.8, 4) is 11.8 Å². The molecule has 2 unspecified atom stereocenters. The van der Waals surface area contributed by atoms with Crippen molar-refractivity contribution in [1.29, 1.82) is 5.26 Å². The normalized spacial score (nSPS) is 17.7. The van der Waals surface area contributed by atoms with Crippen molar-refractivity contribution >= 4 is 17.5 Å². The van der Waals surface area contributed by atoms with Gasteiger partial charge in [0.15, 0.2) is 0 Å². The van der Waals surface area contributed by atoms with E-state index in [1.165, 1.54) is 0 Å². The van der Waals surface area contributed by atoms with Crippen molar-refractivity contribution in [1.82, 2.24) is 5.32 Å². The Kier molecular flexibility index (Phi) is 5.18. The van der Waals surface area contributed by atoms with Crippen molar-refractivity contribution in [2.45, 2.75) is 13.0 Å². The van der Waals surface area contributed by atoms with Crippen LogP contribution in [0.2, 0.25) is 0 Å². The Morgan fingerprint density at radius 1 is 1.08 bits per heavy atom. The number of carbonyl (C=O) groups excluding carboxylic acids is 2. The molecular formula is C20H19N3O3. The number of benzene rings is 2. The van der Waals surface area contributed by atoms with Gasteiger partial charge in [0, 0.05) is 12.2 Å². The van der Waals surface area contributed by atoms with Gasteiger partial charge in [-0.2, -0.15) is 5.26 Å². The number of rotatable bonds is 6. The van der Waals surface area contributed by atoms with Crippen LogP contribution in [0, 0.1) is 23.2 Å². The summed E-state index contributed by atoms with van der Waals surface area (Å²) in [5.74, 6) is -0.102. The lowest BCUT2D eigenvalue weighted by molar-refractivity contribution is -0.125. The summed E-state index contributed by atoms with van der Waals surface area (Å²) >= 11 is 0. The Bertz CT molecular complexity index is 838. The third kappa shape index (κ3) is 4.19. The lowest BCUT2D eigenvalue weighted by Gasteiger charge is -2.07. The highest BCUT2D eigenvalue weighted by molar-refractivity contribution is 5.99. The third-order valence-electron chi connectivity index (χ3n) is 4.37. The lowest BCUT2D eigenvalue weighted by atomic mass is 10.2. The molecule has 2 aromatic carbocycles. The Morgan fingerprint density at radius 3 is 2.35 bits per heavy atom. The fraction of sp³-hybridized carbons (Fsp3) is 0.250. The predicted octanol–water partition coefficient (Wildman–Crippen LogP) is 2.46. The fourth-order valence-corrected chi connectivity index (χ4v) is 2.70. The van der Waals surface area contributed by atoms with Crippen LogP contribution in [0.5, 0.6) is 5.75 Å². The van der Waals surface area contributed by atoms with Crippen molar-refractivity contribution in [2.75, 3.05) is 12.4 Å². The Labute approximate surface area is 151 Å². The zero-order valence-electron chi connectivity index (χ0n) is 14.4. The molecule has 2 atom stereocenters. The molecule has 2 aromatic rings. The Balaban J connectivity index is 1.46. The lowest BCUT2D eigenvalue weighted by Crippen LogP contribution is -2.27. The fourth-order valence-electron chi connectivity index (χ4n) is 2.70. The van der Waals surface area contributed by atoms with Crippen LogP contribution in [0.15, 0.2) is 48.5 Å². The summed E-state index contributed by atoms with van der Waals surface area (Å²) in [7, 11) is 1.60. The van der Waals surface area contributed by atoms with Gasteiger partial charge in [-0.3, -0.25) is 9.59 Å². The van der Waals surface area contributed by atoms with E-state index in [-0.39, 0.29) is 23.7 Å². The number of hydrogen-bond donors (Lipinski definition) is 2. The van der Waals surface area contributed by atoms with Gasteiger partial charge in [0.2, 0.25) is 11.8 Å². The minimum atomic E-state index is -0.304. The molecule has 0 aliphatic heterocycles. The predicted molar refractivity (Wildman–Crippen MR) is 96.2 cm³/mol. The first-order valence-corrected chi connectivity index (χ1v) is 8.32. The van der Waals surface area contributed by atoms with Gasteiger partial charge in [-0.15, -0.1) is 0 Å². The molecule has 6 nitrogen and oxygen atoms in total. The maximum atomic E-state index is 12.2. The van der Waals surface area contributed by atoms with E-state index in [0.717, 1.165) is 11.3 Å². The average Bonchev–Trinajstić information content (AvgIpc) is 3.48. The van der Waals surface area contributed by atoms with E-state index in [2.05, 4.69) is 10.6 Å². The highest BCUT2D eigenvalue weighted by atomic mass is 16.5. The van der Waals surface area contributed by atoms with Gasteiger partial charge in [0.05, 0.1) is 30.6 Å². The van der Waals surface area contributed by atoms with Crippen LogP contribution in [0.3, 0.4) is 0 Å². The number of nitriles is 1. The number of anilines is 1. The van der Waals surface area contributed by atoms with E-state index in [9.17, 15) is 9.59 Å². The van der Waals surface area contributed by atoms with Gasteiger partial charge in [0.1, 0.15) is 5.75 Å². The summed E-state index contributed by atoms with van der Waals surface area (Å²) in [5.41, 5.74) is 2.13. The molecular weight excluding hydrogens is 330 g/mol. The van der Waals surface area contributed by atoms with Gasteiger partial charge in [-0.05, 0) is 48.4 Å². The van der Waals surface area contributed by atoms with E-state index < -0.39 is 0 Å². The second-order valence-corrected chi connectivity index (χ2v) is 6.19. The minimum Gasteiger partial charge on any atom is -0.497 e. The summed E-state index contributed by atoms with van der Waals surface area (Å²) in [5, 5.41) is 14.4. The van der Waals surface area contributed by atoms with E-state index in [4.69, 9.17) is 10.00 Å². The summed E-state index contributed by atoms with van der Waals surface area (Å²) in [6, 6.07) is 16.1. The zero-order chi connectivity index (χ0) is 18.5. The monoisotopic (exact) mass is 349 g/mol. The first-order chi connectivity index (χ1) is 12.6. The molecule has 2 N–H and O–H groups in total. The number of methoxy groups -OCH3 is 1. The standard InChI is InChI=1S/C20H19N3O3/c1-26-16-8-4-14(5-9-16)12-22-19(24)17-10-18(17)20(25)23-15-6-2-13(11-21)3-7-15/h2-9,17-18H,10,12H2,1H3,(H,22,24)(H,23,25). The molecule has 6 heteroatoms. The van der Waals surface area contributed by atoms with Gasteiger partial charge >= 0.3 is 0 Å². The molecule has 1 aliphatic rings. The molecule has 0 bridgehead atoms. The molecule has 2 amide bonds. The van der Waals surface area contributed by atoms with Crippen LogP contribution in [0.1, 0.15) is 17.5 Å². The van der Waals surface area contributed by atoms with Gasteiger partial charge < -0.3 is 15.4 Å². The molecule has 0 saturated heterocycles. The van der Waals surface area contributed by atoms with Gasteiger partial charge in [-0.1, -0.05) is 12.1 Å². The highest BCUT2D eigenvalue weighted by Crippen LogP contribution is 2.39. The molecule has 0 heterocycles. The number of nitrogens with one attached hydrogen (secondary N) is 2. The summed E-state index contributed by atoms with van der Waals surface area (Å²) < 4.78 is 5.10. The Morgan fingerprint density at radius 2 is 1.73 bits per heavy atom. The van der Waals surface area contributed by atoms with Gasteiger partial charge in [0.25, 0.3) is 0 Å². The van der Waals surface area contributed by atoms with E-state index >= 15 is 0 Å². The maximum Gasteiger partial charge on any atom is 0.228 e. The summed E-state index contributed by atoms with van der Waals surface area (Å²) in [4.78, 5) is 24.4. The smallest absolute Gasteiger partial charge is 0.228 e. The van der Waals surface area contributed by atoms with Crippen molar-refractivity contribution in [3.05, 3.63) is 59.7 Å². The third-order valence-corrected chi connectivity index (χ3v) is 4.37. The van der Waals surface area contributed by atoms with Crippen LogP contribution in [0.25, 0.3) is 0 Å². The van der Waals surface area contributed by atoms with Crippen molar-refractivity contribution < 1.29 is 14.3 Å². The summed E-state index contributed by atoms with van der Waals surface area (Å²) in [6.45, 7) is 0.420. The van der Waals surface area contributed by atoms with Crippen LogP contribution < -0.4 is 15.4 Å². The van der Waals surface area contributed by atoms with Gasteiger partial charge in [-0.25, -0.2) is 0 Å². The van der Waals surface area contributed by atoms with E-state index in [1.54, 1.807) is 31.4 Å². The van der Waals surface area contributed by atoms with Crippen LogP contribution in [-0.4, -0.2) is 18.9 Å². The van der Waals surface area contributed by atoms with Crippen LogP contribution in [-0.2, 0) is 16.1 Å². The molecule has 26 heavy (non-hydrogen) atoms. The van der Waals surface area contributed by atoms with E-state index in [1.807, 2.05) is 30.3 Å². The second-order valence-electron chi connectivity index (χ2n) is 6.19. The number of amides is 2.